The highest BCUT2D eigenvalue weighted by Crippen LogP contribution is 2.54. The average Bonchev–Trinajstić information content (AvgIpc) is 2.76. The zero-order chi connectivity index (χ0) is 17.9. The Labute approximate surface area is 145 Å². The number of carbonyl (C=O) groups is 1. The number of ketones is 1. The highest BCUT2D eigenvalue weighted by atomic mass is 16.5. The highest BCUT2D eigenvalue weighted by Gasteiger charge is 2.45. The smallest absolute Gasteiger partial charge is 0.174 e. The Morgan fingerprint density at radius 1 is 1.12 bits per heavy atom. The molecule has 0 fully saturated rings. The van der Waals surface area contributed by atoms with Crippen molar-refractivity contribution in [2.45, 2.75) is 44.8 Å². The number of benzene rings is 2. The molecule has 130 valence electrons. The van der Waals surface area contributed by atoms with Crippen molar-refractivity contribution >= 4 is 5.78 Å². The van der Waals surface area contributed by atoms with E-state index in [-0.39, 0.29) is 40.8 Å². The van der Waals surface area contributed by atoms with Crippen LogP contribution in [-0.2, 0) is 5.41 Å². The van der Waals surface area contributed by atoms with Crippen LogP contribution in [-0.4, -0.2) is 22.1 Å². The third-order valence-electron chi connectivity index (χ3n) is 5.36. The van der Waals surface area contributed by atoms with Gasteiger partial charge in [-0.05, 0) is 24.6 Å². The van der Waals surface area contributed by atoms with E-state index in [0.717, 1.165) is 11.1 Å². The van der Waals surface area contributed by atoms with Crippen molar-refractivity contribution in [2.75, 3.05) is 0 Å². The van der Waals surface area contributed by atoms with Gasteiger partial charge in [0.2, 0.25) is 0 Å². The first-order chi connectivity index (χ1) is 11.8. The average molecular weight is 340 g/mol. The van der Waals surface area contributed by atoms with Gasteiger partial charge in [0.15, 0.2) is 5.78 Å². The summed E-state index contributed by atoms with van der Waals surface area (Å²) in [5.41, 5.74) is 1.52. The lowest BCUT2D eigenvalue weighted by atomic mass is 9.79. The molecule has 5 nitrogen and oxygen atoms in total. The fraction of sp³-hybridized carbons (Fsp3) is 0.350. The lowest BCUT2D eigenvalue weighted by molar-refractivity contribution is 0.0840. The van der Waals surface area contributed by atoms with E-state index >= 15 is 0 Å². The van der Waals surface area contributed by atoms with Gasteiger partial charge in [-0.25, -0.2) is 0 Å². The Bertz CT molecular complexity index is 867. The summed E-state index contributed by atoms with van der Waals surface area (Å²) in [4.78, 5) is 12.7. The molecule has 2 N–H and O–H groups in total. The minimum absolute atomic E-state index is 0.0962. The number of hydrogen-bond acceptors (Lipinski definition) is 5. The number of ether oxygens (including phenoxy) is 2. The van der Waals surface area contributed by atoms with Crippen LogP contribution in [0.4, 0.5) is 0 Å². The largest absolute Gasteiger partial charge is 0.508 e. The number of fused-ring (bicyclic) bond motifs is 3. The van der Waals surface area contributed by atoms with Crippen LogP contribution < -0.4 is 9.47 Å². The molecule has 0 amide bonds. The van der Waals surface area contributed by atoms with Crippen LogP contribution in [0.1, 0.15) is 54.8 Å². The molecule has 2 aliphatic rings. The number of rotatable bonds is 1. The van der Waals surface area contributed by atoms with Gasteiger partial charge in [0.05, 0.1) is 6.42 Å². The molecule has 5 heteroatoms. The van der Waals surface area contributed by atoms with Gasteiger partial charge in [0.25, 0.3) is 0 Å². The van der Waals surface area contributed by atoms with Crippen molar-refractivity contribution in [3.8, 4) is 23.0 Å². The number of carbonyl (C=O) groups excluding carboxylic acids is 1. The summed E-state index contributed by atoms with van der Waals surface area (Å²) in [6.45, 7) is 6.04. The minimum atomic E-state index is -0.460. The van der Waals surface area contributed by atoms with Gasteiger partial charge in [-0.1, -0.05) is 26.0 Å². The van der Waals surface area contributed by atoms with Crippen LogP contribution in [0.25, 0.3) is 0 Å². The second-order valence-corrected chi connectivity index (χ2v) is 7.28. The van der Waals surface area contributed by atoms with Crippen molar-refractivity contribution in [3.05, 3.63) is 47.0 Å². The van der Waals surface area contributed by atoms with Crippen LogP contribution in [0.15, 0.2) is 30.3 Å². The maximum absolute atomic E-state index is 12.7. The second-order valence-electron chi connectivity index (χ2n) is 7.28. The molecule has 4 rings (SSSR count). The van der Waals surface area contributed by atoms with Gasteiger partial charge in [-0.2, -0.15) is 0 Å². The van der Waals surface area contributed by atoms with Gasteiger partial charge in [-0.3, -0.25) is 4.79 Å². The zero-order valence-electron chi connectivity index (χ0n) is 14.4. The van der Waals surface area contributed by atoms with Crippen molar-refractivity contribution in [1.29, 1.82) is 0 Å². The fourth-order valence-corrected chi connectivity index (χ4v) is 3.58. The van der Waals surface area contributed by atoms with Crippen molar-refractivity contribution in [3.63, 3.8) is 0 Å². The van der Waals surface area contributed by atoms with Gasteiger partial charge >= 0.3 is 0 Å². The summed E-state index contributed by atoms with van der Waals surface area (Å²) in [7, 11) is 0. The maximum atomic E-state index is 12.7. The summed E-state index contributed by atoms with van der Waals surface area (Å²) in [5, 5.41) is 19.8. The molecule has 2 unspecified atom stereocenters. The van der Waals surface area contributed by atoms with Crippen LogP contribution in [0, 0.1) is 0 Å². The molecule has 0 saturated heterocycles. The number of hydrogen-bond donors (Lipinski definition) is 2. The van der Waals surface area contributed by atoms with E-state index < -0.39 is 6.10 Å². The molecule has 0 aromatic heterocycles. The number of Topliss-reactive ketones (excluding diaryl/α,β-unsaturated/α-hetero) is 1. The van der Waals surface area contributed by atoms with E-state index in [4.69, 9.17) is 9.47 Å². The Balaban J connectivity index is 1.86. The first kappa shape index (κ1) is 15.8. The number of phenolic OH excluding ortho intramolecular Hbond substituents is 2. The highest BCUT2D eigenvalue weighted by molar-refractivity contribution is 6.03. The van der Waals surface area contributed by atoms with Crippen molar-refractivity contribution in [2.24, 2.45) is 0 Å². The Morgan fingerprint density at radius 3 is 2.48 bits per heavy atom. The van der Waals surface area contributed by atoms with Crippen LogP contribution >= 0.6 is 0 Å². The van der Waals surface area contributed by atoms with Gasteiger partial charge in [0, 0.05) is 17.0 Å². The molecule has 2 heterocycles. The zero-order valence-corrected chi connectivity index (χ0v) is 14.4. The van der Waals surface area contributed by atoms with Gasteiger partial charge in [-0.15, -0.1) is 0 Å². The molecule has 0 saturated carbocycles. The Morgan fingerprint density at radius 2 is 1.80 bits per heavy atom. The molecule has 25 heavy (non-hydrogen) atoms. The maximum Gasteiger partial charge on any atom is 0.174 e. The molecule has 0 radical (unpaired) electrons. The van der Waals surface area contributed by atoms with Crippen LogP contribution in [0.3, 0.4) is 0 Å². The monoisotopic (exact) mass is 340 g/mol. The van der Waals surface area contributed by atoms with Gasteiger partial charge in [0.1, 0.15) is 40.8 Å². The normalized spacial score (nSPS) is 23.4. The number of aromatic hydroxyl groups is 2. The quantitative estimate of drug-likeness (QED) is 0.824. The number of phenols is 2. The first-order valence-electron chi connectivity index (χ1n) is 8.35. The van der Waals surface area contributed by atoms with Crippen molar-refractivity contribution in [1.82, 2.24) is 0 Å². The topological polar surface area (TPSA) is 76.0 Å². The van der Waals surface area contributed by atoms with Gasteiger partial charge < -0.3 is 19.7 Å². The molecular formula is C20H20O5. The lowest BCUT2D eigenvalue weighted by Crippen LogP contribution is -2.30. The molecule has 2 aromatic rings. The molecule has 2 aliphatic heterocycles. The second kappa shape index (κ2) is 5.15. The summed E-state index contributed by atoms with van der Waals surface area (Å²) < 4.78 is 12.1. The molecule has 2 aromatic carbocycles. The summed E-state index contributed by atoms with van der Waals surface area (Å²) in [5.74, 6) is 0.877. The standard InChI is InChI=1S/C20H20O5/c1-10-20(2,3)18-16(24-10)9-14(23)17-13(22)8-15(25-19(17)18)11-4-6-12(21)7-5-11/h4-7,9-10,15,21,23H,8H2,1-3H3. The molecule has 2 atom stereocenters. The fourth-order valence-electron chi connectivity index (χ4n) is 3.58. The molecular weight excluding hydrogens is 320 g/mol. The van der Waals surface area contributed by atoms with Crippen LogP contribution in [0.5, 0.6) is 23.0 Å². The third-order valence-corrected chi connectivity index (χ3v) is 5.36. The minimum Gasteiger partial charge on any atom is -0.508 e. The third kappa shape index (κ3) is 2.26. The Hall–Kier alpha value is -2.69. The van der Waals surface area contributed by atoms with E-state index in [1.165, 1.54) is 6.07 Å². The predicted octanol–water partition coefficient (Wildman–Crippen LogP) is 3.86. The first-order valence-corrected chi connectivity index (χ1v) is 8.35. The van der Waals surface area contributed by atoms with Crippen LogP contribution in [0.2, 0.25) is 0 Å². The Kier molecular flexibility index (Phi) is 3.26. The predicted molar refractivity (Wildman–Crippen MR) is 91.6 cm³/mol. The molecule has 0 bridgehead atoms. The summed E-state index contributed by atoms with van der Waals surface area (Å²) >= 11 is 0. The molecule has 0 spiro atoms. The summed E-state index contributed by atoms with van der Waals surface area (Å²) in [6.07, 6.45) is -0.416. The van der Waals surface area contributed by atoms with E-state index in [1.54, 1.807) is 24.3 Å². The van der Waals surface area contributed by atoms with E-state index in [0.29, 0.717) is 11.5 Å². The van der Waals surface area contributed by atoms with Crippen molar-refractivity contribution < 1.29 is 24.5 Å². The lowest BCUT2D eigenvalue weighted by Gasteiger charge is -2.31. The van der Waals surface area contributed by atoms with E-state index in [1.807, 2.05) is 20.8 Å². The van der Waals surface area contributed by atoms with E-state index in [9.17, 15) is 15.0 Å². The van der Waals surface area contributed by atoms with E-state index in [2.05, 4.69) is 0 Å². The molecule has 0 aliphatic carbocycles. The SMILES string of the molecule is CC1Oc2cc(O)c3c(c2C1(C)C)OC(c1ccc(O)cc1)CC3=O. The summed E-state index contributed by atoms with van der Waals surface area (Å²) in [6, 6.07) is 8.14.